The van der Waals surface area contributed by atoms with Gasteiger partial charge in [-0.1, -0.05) is 0 Å². The molecule has 0 bridgehead atoms. The zero-order valence-corrected chi connectivity index (χ0v) is 15.2. The van der Waals surface area contributed by atoms with Crippen LogP contribution in [0.25, 0.3) is 0 Å². The van der Waals surface area contributed by atoms with Gasteiger partial charge in [0.25, 0.3) is 0 Å². The molecule has 0 aliphatic carbocycles. The Kier molecular flexibility index (Phi) is 5.14. The van der Waals surface area contributed by atoms with Crippen molar-refractivity contribution in [3.05, 3.63) is 36.8 Å². The summed E-state index contributed by atoms with van der Waals surface area (Å²) in [6.07, 6.45) is 9.94. The van der Waals surface area contributed by atoms with Crippen molar-refractivity contribution in [1.29, 1.82) is 0 Å². The summed E-state index contributed by atoms with van der Waals surface area (Å²) in [5, 5.41) is 3.36. The second-order valence-electron chi connectivity index (χ2n) is 7.25. The number of hydrogen-bond acceptors (Lipinski definition) is 7. The maximum atomic E-state index is 6.27. The maximum absolute atomic E-state index is 6.27. The van der Waals surface area contributed by atoms with E-state index in [1.165, 1.54) is 0 Å². The number of anilines is 1. The van der Waals surface area contributed by atoms with Crippen LogP contribution in [-0.2, 0) is 23.1 Å². The van der Waals surface area contributed by atoms with Gasteiger partial charge in [0.05, 0.1) is 32.6 Å². The monoisotopic (exact) mass is 358 g/mol. The van der Waals surface area contributed by atoms with Gasteiger partial charge in [-0.05, 0) is 6.42 Å². The van der Waals surface area contributed by atoms with E-state index >= 15 is 0 Å². The number of imidazole rings is 1. The quantitative estimate of drug-likeness (QED) is 0.852. The Morgan fingerprint density at radius 3 is 3.08 bits per heavy atom. The van der Waals surface area contributed by atoms with Crippen LogP contribution in [0.3, 0.4) is 0 Å². The van der Waals surface area contributed by atoms with Gasteiger partial charge >= 0.3 is 0 Å². The van der Waals surface area contributed by atoms with E-state index < -0.39 is 0 Å². The minimum atomic E-state index is -0.226. The lowest BCUT2D eigenvalue weighted by molar-refractivity contribution is -0.0564. The molecule has 2 aliphatic rings. The number of aromatic nitrogens is 4. The highest BCUT2D eigenvalue weighted by Crippen LogP contribution is 2.33. The molecule has 8 heteroatoms. The normalized spacial score (nSPS) is 26.9. The zero-order valence-electron chi connectivity index (χ0n) is 15.2. The molecule has 8 nitrogen and oxygen atoms in total. The first-order valence-corrected chi connectivity index (χ1v) is 9.13. The number of rotatable bonds is 5. The molecule has 140 valence electrons. The molecule has 0 aromatic carbocycles. The lowest BCUT2D eigenvalue weighted by atomic mass is 9.94. The third kappa shape index (κ3) is 4.03. The third-order valence-electron chi connectivity index (χ3n) is 5.14. The van der Waals surface area contributed by atoms with Crippen LogP contribution in [0.1, 0.15) is 12.2 Å². The maximum Gasteiger partial charge on any atom is 0.144 e. The van der Waals surface area contributed by atoms with Gasteiger partial charge in [-0.3, -0.25) is 9.88 Å². The number of nitrogens with one attached hydrogen (secondary N) is 1. The molecule has 2 aromatic rings. The zero-order chi connectivity index (χ0) is 17.8. The SMILES string of the molecule is Cn1ccnc1CN1CCOC[C@@]2(C[C@@H](CNc3cnccn3)CO2)C1. The van der Waals surface area contributed by atoms with Gasteiger partial charge in [0.15, 0.2) is 0 Å². The second kappa shape index (κ2) is 7.69. The predicted octanol–water partition coefficient (Wildman–Crippen LogP) is 0.930. The van der Waals surface area contributed by atoms with Crippen LogP contribution >= 0.6 is 0 Å². The Morgan fingerprint density at radius 2 is 2.27 bits per heavy atom. The van der Waals surface area contributed by atoms with E-state index in [1.807, 2.05) is 19.4 Å². The fourth-order valence-electron chi connectivity index (χ4n) is 3.79. The van der Waals surface area contributed by atoms with E-state index in [9.17, 15) is 0 Å². The minimum Gasteiger partial charge on any atom is -0.377 e. The van der Waals surface area contributed by atoms with Gasteiger partial charge in [0.1, 0.15) is 17.2 Å². The summed E-state index contributed by atoms with van der Waals surface area (Å²) in [6, 6.07) is 0. The fourth-order valence-corrected chi connectivity index (χ4v) is 3.79. The summed E-state index contributed by atoms with van der Waals surface area (Å²) in [7, 11) is 2.03. The van der Waals surface area contributed by atoms with E-state index in [-0.39, 0.29) is 5.60 Å². The average molecular weight is 358 g/mol. The Hall–Kier alpha value is -2.03. The van der Waals surface area contributed by atoms with Crippen LogP contribution in [0.2, 0.25) is 0 Å². The lowest BCUT2D eigenvalue weighted by Crippen LogP contribution is -2.44. The molecule has 0 saturated carbocycles. The summed E-state index contributed by atoms with van der Waals surface area (Å²) in [5.74, 6) is 2.32. The number of nitrogens with zero attached hydrogens (tertiary/aromatic N) is 5. The highest BCUT2D eigenvalue weighted by Gasteiger charge is 2.43. The van der Waals surface area contributed by atoms with Crippen molar-refractivity contribution in [1.82, 2.24) is 24.4 Å². The molecule has 0 amide bonds. The van der Waals surface area contributed by atoms with E-state index in [0.717, 1.165) is 57.5 Å². The van der Waals surface area contributed by atoms with Crippen LogP contribution in [-0.4, -0.2) is 69.5 Å². The molecule has 4 heterocycles. The van der Waals surface area contributed by atoms with Gasteiger partial charge in [-0.15, -0.1) is 0 Å². The molecule has 4 rings (SSSR count). The highest BCUT2D eigenvalue weighted by molar-refractivity contribution is 5.29. The molecular formula is C18H26N6O2. The smallest absolute Gasteiger partial charge is 0.144 e. The molecule has 2 saturated heterocycles. The first kappa shape index (κ1) is 17.4. The fraction of sp³-hybridized carbons (Fsp3) is 0.611. The Labute approximate surface area is 153 Å². The van der Waals surface area contributed by atoms with Crippen LogP contribution in [0, 0.1) is 5.92 Å². The first-order valence-electron chi connectivity index (χ1n) is 9.13. The standard InChI is InChI=1S/C18H26N6O2/c1-23-5-4-21-17(23)11-24-6-7-25-14-18(13-24)8-15(12-26-18)9-22-16-10-19-2-3-20-16/h2-5,10,15H,6-9,11-14H2,1H3,(H,20,22)/t15-,18+/m0/s1. The largest absolute Gasteiger partial charge is 0.377 e. The Morgan fingerprint density at radius 1 is 1.31 bits per heavy atom. The first-order chi connectivity index (χ1) is 12.7. The van der Waals surface area contributed by atoms with Crippen molar-refractivity contribution < 1.29 is 9.47 Å². The van der Waals surface area contributed by atoms with Crippen molar-refractivity contribution in [3.63, 3.8) is 0 Å². The number of hydrogen-bond donors (Lipinski definition) is 1. The summed E-state index contributed by atoms with van der Waals surface area (Å²) in [5.41, 5.74) is -0.226. The summed E-state index contributed by atoms with van der Waals surface area (Å²) >= 11 is 0. The second-order valence-corrected chi connectivity index (χ2v) is 7.25. The molecule has 1 spiro atoms. The topological polar surface area (TPSA) is 77.3 Å². The van der Waals surface area contributed by atoms with E-state index in [4.69, 9.17) is 9.47 Å². The number of aryl methyl sites for hydroxylation is 1. The minimum absolute atomic E-state index is 0.226. The highest BCUT2D eigenvalue weighted by atomic mass is 16.5. The van der Waals surface area contributed by atoms with Gasteiger partial charge in [-0.25, -0.2) is 9.97 Å². The molecule has 0 unspecified atom stereocenters. The molecule has 26 heavy (non-hydrogen) atoms. The van der Waals surface area contributed by atoms with Crippen molar-refractivity contribution in [2.75, 3.05) is 44.8 Å². The van der Waals surface area contributed by atoms with Crippen molar-refractivity contribution >= 4 is 5.82 Å². The molecule has 2 fully saturated rings. The molecule has 2 aliphatic heterocycles. The van der Waals surface area contributed by atoms with Crippen molar-refractivity contribution in [2.45, 2.75) is 18.6 Å². The van der Waals surface area contributed by atoms with E-state index in [0.29, 0.717) is 12.5 Å². The summed E-state index contributed by atoms with van der Waals surface area (Å²) in [4.78, 5) is 15.2. The summed E-state index contributed by atoms with van der Waals surface area (Å²) in [6.45, 7) is 5.57. The van der Waals surface area contributed by atoms with Crippen molar-refractivity contribution in [3.8, 4) is 0 Å². The summed E-state index contributed by atoms with van der Waals surface area (Å²) < 4.78 is 14.2. The molecule has 2 aromatic heterocycles. The number of ether oxygens (including phenoxy) is 2. The Bertz CT molecular complexity index is 709. The van der Waals surface area contributed by atoms with Gasteiger partial charge in [0, 0.05) is 57.4 Å². The van der Waals surface area contributed by atoms with Gasteiger partial charge in [0.2, 0.25) is 0 Å². The Balaban J connectivity index is 1.35. The average Bonchev–Trinajstić information content (AvgIpc) is 3.18. The van der Waals surface area contributed by atoms with Crippen LogP contribution in [0.5, 0.6) is 0 Å². The van der Waals surface area contributed by atoms with Gasteiger partial charge < -0.3 is 19.4 Å². The van der Waals surface area contributed by atoms with Crippen molar-refractivity contribution in [2.24, 2.45) is 13.0 Å². The van der Waals surface area contributed by atoms with E-state index in [1.54, 1.807) is 18.6 Å². The predicted molar refractivity (Wildman–Crippen MR) is 96.6 cm³/mol. The van der Waals surface area contributed by atoms with E-state index in [2.05, 4.69) is 29.7 Å². The molecular weight excluding hydrogens is 332 g/mol. The molecule has 0 radical (unpaired) electrons. The van der Waals surface area contributed by atoms with Crippen LogP contribution < -0.4 is 5.32 Å². The lowest BCUT2D eigenvalue weighted by Gasteiger charge is -2.31. The van der Waals surface area contributed by atoms with Crippen LogP contribution in [0.15, 0.2) is 31.0 Å². The third-order valence-corrected chi connectivity index (χ3v) is 5.14. The van der Waals surface area contributed by atoms with Gasteiger partial charge in [-0.2, -0.15) is 0 Å². The molecule has 1 N–H and O–H groups in total. The molecule has 2 atom stereocenters. The van der Waals surface area contributed by atoms with Crippen LogP contribution in [0.4, 0.5) is 5.82 Å².